The predicted molar refractivity (Wildman–Crippen MR) is 65.8 cm³/mol. The van der Waals surface area contributed by atoms with Gasteiger partial charge in [-0.15, -0.1) is 0 Å². The summed E-state index contributed by atoms with van der Waals surface area (Å²) in [5, 5.41) is 0. The van der Waals surface area contributed by atoms with Crippen LogP contribution in [0.4, 0.5) is 8.78 Å². The van der Waals surface area contributed by atoms with E-state index in [4.69, 9.17) is 0 Å². The van der Waals surface area contributed by atoms with Gasteiger partial charge in [0.05, 0.1) is 5.56 Å². The monoisotopic (exact) mass is 266 g/mol. The van der Waals surface area contributed by atoms with Crippen molar-refractivity contribution >= 4 is 5.78 Å². The molecule has 2 fully saturated rings. The number of halogens is 2. The molecule has 0 aliphatic carbocycles. The number of carbonyl (C=O) groups excluding carboxylic acids is 1. The summed E-state index contributed by atoms with van der Waals surface area (Å²) in [6.07, 6.45) is 3.75. The van der Waals surface area contributed by atoms with Gasteiger partial charge < -0.3 is 4.90 Å². The number of nitrogens with zero attached hydrogens (tertiary/aromatic N) is 2. The summed E-state index contributed by atoms with van der Waals surface area (Å²) < 4.78 is 26.3. The van der Waals surface area contributed by atoms with Crippen molar-refractivity contribution < 1.29 is 13.6 Å². The van der Waals surface area contributed by atoms with E-state index < -0.39 is 11.9 Å². The summed E-state index contributed by atoms with van der Waals surface area (Å²) in [5.41, 5.74) is -0.0737. The van der Waals surface area contributed by atoms with Crippen LogP contribution in [0.25, 0.3) is 0 Å². The highest BCUT2D eigenvalue weighted by molar-refractivity contribution is 5.97. The van der Waals surface area contributed by atoms with Crippen LogP contribution in [0.15, 0.2) is 12.1 Å². The number of pyridine rings is 1. The number of ketones is 1. The van der Waals surface area contributed by atoms with Crippen LogP contribution in [0.3, 0.4) is 0 Å². The zero-order valence-corrected chi connectivity index (χ0v) is 10.8. The van der Waals surface area contributed by atoms with Crippen LogP contribution in [0.2, 0.25) is 0 Å². The molecule has 1 aromatic heterocycles. The Balaban J connectivity index is 1.81. The van der Waals surface area contributed by atoms with E-state index in [0.29, 0.717) is 12.1 Å². The number of fused-ring (bicyclic) bond motifs is 2. The van der Waals surface area contributed by atoms with E-state index in [1.165, 1.54) is 6.07 Å². The van der Waals surface area contributed by atoms with Crippen LogP contribution in [-0.4, -0.2) is 34.8 Å². The molecule has 0 aromatic carbocycles. The Labute approximate surface area is 110 Å². The van der Waals surface area contributed by atoms with Gasteiger partial charge in [0, 0.05) is 18.0 Å². The molecule has 0 N–H and O–H groups in total. The zero-order valence-electron chi connectivity index (χ0n) is 10.8. The van der Waals surface area contributed by atoms with Crippen LogP contribution in [0, 0.1) is 17.8 Å². The lowest BCUT2D eigenvalue weighted by Crippen LogP contribution is -2.42. The van der Waals surface area contributed by atoms with Gasteiger partial charge in [-0.3, -0.25) is 4.79 Å². The van der Waals surface area contributed by atoms with E-state index >= 15 is 0 Å². The van der Waals surface area contributed by atoms with Crippen molar-refractivity contribution in [2.75, 3.05) is 7.05 Å². The maximum atomic E-state index is 13.6. The molecule has 0 saturated carbocycles. The molecular weight excluding hydrogens is 250 g/mol. The Kier molecular flexibility index (Phi) is 3.09. The third-order valence-corrected chi connectivity index (χ3v) is 4.55. The van der Waals surface area contributed by atoms with Crippen molar-refractivity contribution in [1.29, 1.82) is 0 Å². The largest absolute Gasteiger partial charge is 0.300 e. The maximum Gasteiger partial charge on any atom is 0.226 e. The van der Waals surface area contributed by atoms with Crippen LogP contribution in [-0.2, 0) is 0 Å². The number of hydrogen-bond acceptors (Lipinski definition) is 3. The number of Topliss-reactive ketones (excluding diaryl/α,β-unsaturated/α-hetero) is 1. The second kappa shape index (κ2) is 4.63. The van der Waals surface area contributed by atoms with Gasteiger partial charge >= 0.3 is 0 Å². The summed E-state index contributed by atoms with van der Waals surface area (Å²) in [6, 6.07) is 3.09. The van der Waals surface area contributed by atoms with Gasteiger partial charge in [-0.2, -0.15) is 13.8 Å². The van der Waals surface area contributed by atoms with E-state index in [1.54, 1.807) is 0 Å². The van der Waals surface area contributed by atoms with Gasteiger partial charge in [0.15, 0.2) is 5.78 Å². The summed E-state index contributed by atoms with van der Waals surface area (Å²) in [5.74, 6) is -2.26. The minimum atomic E-state index is -0.990. The van der Waals surface area contributed by atoms with Gasteiger partial charge in [-0.25, -0.2) is 0 Å². The quantitative estimate of drug-likeness (QED) is 0.609. The van der Waals surface area contributed by atoms with Crippen molar-refractivity contribution in [3.63, 3.8) is 0 Å². The van der Waals surface area contributed by atoms with Gasteiger partial charge in [-0.1, -0.05) is 0 Å². The molecule has 2 aliphatic rings. The van der Waals surface area contributed by atoms with E-state index in [9.17, 15) is 13.6 Å². The number of piperidine rings is 1. The highest BCUT2D eigenvalue weighted by Crippen LogP contribution is 2.38. The van der Waals surface area contributed by atoms with E-state index in [2.05, 4.69) is 16.9 Å². The smallest absolute Gasteiger partial charge is 0.226 e. The molecule has 0 radical (unpaired) electrons. The minimum absolute atomic E-state index is 0.0737. The fourth-order valence-electron chi connectivity index (χ4n) is 3.44. The minimum Gasteiger partial charge on any atom is -0.300 e. The number of hydrogen-bond donors (Lipinski definition) is 0. The first-order valence-electron chi connectivity index (χ1n) is 6.64. The van der Waals surface area contributed by atoms with Crippen LogP contribution in [0.1, 0.15) is 36.0 Å². The molecule has 19 heavy (non-hydrogen) atoms. The second-order valence-electron chi connectivity index (χ2n) is 5.56. The Morgan fingerprint density at radius 1 is 1.26 bits per heavy atom. The molecule has 3 rings (SSSR count). The Hall–Kier alpha value is -1.36. The number of aromatic nitrogens is 1. The first-order valence-corrected chi connectivity index (χ1v) is 6.64. The predicted octanol–water partition coefficient (Wildman–Crippen LogP) is 2.42. The lowest BCUT2D eigenvalue weighted by molar-refractivity contribution is 0.0762. The van der Waals surface area contributed by atoms with Gasteiger partial charge in [0.25, 0.3) is 0 Å². The third-order valence-electron chi connectivity index (χ3n) is 4.55. The van der Waals surface area contributed by atoms with Crippen molar-refractivity contribution in [1.82, 2.24) is 9.88 Å². The summed E-state index contributed by atoms with van der Waals surface area (Å²) in [7, 11) is 2.09. The second-order valence-corrected chi connectivity index (χ2v) is 5.56. The maximum absolute atomic E-state index is 13.6. The fourth-order valence-corrected chi connectivity index (χ4v) is 3.44. The van der Waals surface area contributed by atoms with Crippen molar-refractivity contribution in [3.8, 4) is 0 Å². The molecule has 3 nitrogen and oxygen atoms in total. The third kappa shape index (κ3) is 2.16. The first-order chi connectivity index (χ1) is 9.06. The lowest BCUT2D eigenvalue weighted by atomic mass is 9.85. The van der Waals surface area contributed by atoms with E-state index in [-0.39, 0.29) is 17.3 Å². The van der Waals surface area contributed by atoms with Crippen LogP contribution >= 0.6 is 0 Å². The van der Waals surface area contributed by atoms with Gasteiger partial charge in [0.1, 0.15) is 0 Å². The molecule has 2 aliphatic heterocycles. The molecular formula is C14H16F2N2O. The Morgan fingerprint density at radius 2 is 1.89 bits per heavy atom. The number of carbonyl (C=O) groups is 1. The topological polar surface area (TPSA) is 33.2 Å². The normalized spacial score (nSPS) is 30.6. The van der Waals surface area contributed by atoms with Crippen molar-refractivity contribution in [2.24, 2.45) is 5.92 Å². The molecule has 2 bridgehead atoms. The molecule has 5 heteroatoms. The Morgan fingerprint density at radius 3 is 2.47 bits per heavy atom. The Bertz CT molecular complexity index is 506. The SMILES string of the molecule is CN1C2CCC1CC(C(=O)c1ccc(F)nc1F)C2. The van der Waals surface area contributed by atoms with Gasteiger partial charge in [-0.05, 0) is 44.9 Å². The van der Waals surface area contributed by atoms with Gasteiger partial charge in [0.2, 0.25) is 11.9 Å². The zero-order chi connectivity index (χ0) is 13.6. The molecule has 3 heterocycles. The molecule has 102 valence electrons. The molecule has 2 atom stereocenters. The van der Waals surface area contributed by atoms with Crippen molar-refractivity contribution in [2.45, 2.75) is 37.8 Å². The number of rotatable bonds is 2. The molecule has 1 aromatic rings. The highest BCUT2D eigenvalue weighted by Gasteiger charge is 2.41. The fraction of sp³-hybridized carbons (Fsp3) is 0.571. The van der Waals surface area contributed by atoms with E-state index in [0.717, 1.165) is 31.7 Å². The lowest BCUT2D eigenvalue weighted by Gasteiger charge is -2.35. The van der Waals surface area contributed by atoms with E-state index in [1.807, 2.05) is 0 Å². The molecule has 2 saturated heterocycles. The standard InChI is InChI=1S/C14H16F2N2O/c1-18-9-2-3-10(18)7-8(6-9)13(19)11-4-5-12(15)17-14(11)16/h4-5,8-10H,2-3,6-7H2,1H3. The molecule has 0 amide bonds. The molecule has 2 unspecified atom stereocenters. The summed E-state index contributed by atoms with van der Waals surface area (Å²) in [6.45, 7) is 0. The average Bonchev–Trinajstić information content (AvgIpc) is 2.61. The summed E-state index contributed by atoms with van der Waals surface area (Å²) in [4.78, 5) is 17.8. The first kappa shape index (κ1) is 12.7. The van der Waals surface area contributed by atoms with Crippen LogP contribution < -0.4 is 0 Å². The summed E-state index contributed by atoms with van der Waals surface area (Å²) >= 11 is 0. The average molecular weight is 266 g/mol. The highest BCUT2D eigenvalue weighted by atomic mass is 19.1. The molecule has 0 spiro atoms. The van der Waals surface area contributed by atoms with Crippen molar-refractivity contribution in [3.05, 3.63) is 29.6 Å². The van der Waals surface area contributed by atoms with Crippen LogP contribution in [0.5, 0.6) is 0 Å².